The molecule has 0 saturated carbocycles. The molecular formula is C19H22N4O2. The number of hydrogen-bond donors (Lipinski definition) is 1. The zero-order chi connectivity index (χ0) is 18.0. The fraction of sp³-hybridized carbons (Fsp3) is 0.316. The van der Waals surface area contributed by atoms with Gasteiger partial charge in [-0.3, -0.25) is 4.79 Å². The Labute approximate surface area is 146 Å². The Bertz CT molecular complexity index is 891. The van der Waals surface area contributed by atoms with Crippen molar-refractivity contribution in [3.63, 3.8) is 0 Å². The maximum absolute atomic E-state index is 12.5. The van der Waals surface area contributed by atoms with E-state index >= 15 is 0 Å². The first-order valence-electron chi connectivity index (χ1n) is 8.34. The van der Waals surface area contributed by atoms with Crippen molar-refractivity contribution in [1.29, 1.82) is 0 Å². The number of amides is 1. The Kier molecular flexibility index (Phi) is 4.70. The molecule has 130 valence electrons. The van der Waals surface area contributed by atoms with Crippen molar-refractivity contribution >= 4 is 11.6 Å². The van der Waals surface area contributed by atoms with Crippen molar-refractivity contribution in [2.24, 2.45) is 0 Å². The molecule has 0 aliphatic carbocycles. The zero-order valence-electron chi connectivity index (χ0n) is 15.0. The van der Waals surface area contributed by atoms with Crippen LogP contribution in [0.4, 0.5) is 5.69 Å². The van der Waals surface area contributed by atoms with Crippen molar-refractivity contribution in [1.82, 2.24) is 14.7 Å². The third kappa shape index (κ3) is 3.63. The summed E-state index contributed by atoms with van der Waals surface area (Å²) in [6.45, 7) is 8.12. The van der Waals surface area contributed by atoms with Gasteiger partial charge in [0, 0.05) is 17.8 Å². The van der Waals surface area contributed by atoms with Crippen LogP contribution in [0.2, 0.25) is 0 Å². The van der Waals surface area contributed by atoms with Gasteiger partial charge in [-0.05, 0) is 44.5 Å². The maximum atomic E-state index is 12.5. The molecule has 0 unspecified atom stereocenters. The largest absolute Gasteiger partial charge is 0.332 e. The van der Waals surface area contributed by atoms with Crippen molar-refractivity contribution in [3.05, 3.63) is 53.0 Å². The summed E-state index contributed by atoms with van der Waals surface area (Å²) in [5.41, 5.74) is 4.71. The van der Waals surface area contributed by atoms with Crippen LogP contribution in [0.15, 0.2) is 34.9 Å². The Morgan fingerprint density at radius 2 is 1.92 bits per heavy atom. The van der Waals surface area contributed by atoms with E-state index in [1.54, 1.807) is 0 Å². The molecule has 1 aromatic carbocycles. The number of nitrogens with one attached hydrogen (secondary N) is 1. The second-order valence-electron chi connectivity index (χ2n) is 6.19. The van der Waals surface area contributed by atoms with E-state index in [0.717, 1.165) is 28.2 Å². The molecule has 0 saturated heterocycles. The van der Waals surface area contributed by atoms with E-state index in [0.29, 0.717) is 18.1 Å². The van der Waals surface area contributed by atoms with Gasteiger partial charge in [0.1, 0.15) is 12.2 Å². The highest BCUT2D eigenvalue weighted by atomic mass is 16.5. The number of carbonyl (C=O) groups is 1. The van der Waals surface area contributed by atoms with Gasteiger partial charge < -0.3 is 14.4 Å². The lowest BCUT2D eigenvalue weighted by Gasteiger charge is -2.11. The number of benzene rings is 1. The van der Waals surface area contributed by atoms with Crippen LogP contribution >= 0.6 is 0 Å². The van der Waals surface area contributed by atoms with E-state index in [-0.39, 0.29) is 12.5 Å². The quantitative estimate of drug-likeness (QED) is 0.770. The van der Waals surface area contributed by atoms with Crippen LogP contribution in [0.3, 0.4) is 0 Å². The van der Waals surface area contributed by atoms with Gasteiger partial charge in [-0.1, -0.05) is 29.8 Å². The zero-order valence-corrected chi connectivity index (χ0v) is 15.0. The summed E-state index contributed by atoms with van der Waals surface area (Å²) < 4.78 is 7.28. The highest BCUT2D eigenvalue weighted by Crippen LogP contribution is 2.26. The van der Waals surface area contributed by atoms with Crippen LogP contribution in [-0.2, 0) is 17.8 Å². The third-order valence-electron chi connectivity index (χ3n) is 4.12. The normalized spacial score (nSPS) is 10.9. The summed E-state index contributed by atoms with van der Waals surface area (Å²) in [5, 5.41) is 6.88. The van der Waals surface area contributed by atoms with Gasteiger partial charge in [-0.25, -0.2) is 0 Å². The first-order valence-corrected chi connectivity index (χ1v) is 8.34. The Morgan fingerprint density at radius 3 is 2.56 bits per heavy atom. The summed E-state index contributed by atoms with van der Waals surface area (Å²) in [7, 11) is 0. The number of hydrogen-bond acceptors (Lipinski definition) is 4. The maximum Gasteiger partial charge on any atom is 0.274 e. The van der Waals surface area contributed by atoms with Crippen LogP contribution in [0.25, 0.3) is 11.6 Å². The highest BCUT2D eigenvalue weighted by molar-refractivity contribution is 5.91. The van der Waals surface area contributed by atoms with Crippen LogP contribution < -0.4 is 5.32 Å². The Morgan fingerprint density at radius 1 is 1.20 bits per heavy atom. The topological polar surface area (TPSA) is 73.0 Å². The monoisotopic (exact) mass is 338 g/mol. The first kappa shape index (κ1) is 17.0. The molecule has 0 aliphatic heterocycles. The van der Waals surface area contributed by atoms with Gasteiger partial charge in [-0.2, -0.15) is 4.98 Å². The standard InChI is InChI=1S/C19H22N4O2/c1-5-16-21-19(25-22-16)18-13(3)10-14(4)23(18)11-17(24)20-15-8-6-12(2)7-9-15/h6-10H,5,11H2,1-4H3,(H,20,24). The SMILES string of the molecule is CCc1noc(-c2c(C)cc(C)n2CC(=O)Nc2ccc(C)cc2)n1. The van der Waals surface area contributed by atoms with Gasteiger partial charge in [0.15, 0.2) is 5.82 Å². The number of carbonyl (C=O) groups excluding carboxylic acids is 1. The fourth-order valence-corrected chi connectivity index (χ4v) is 2.81. The number of aryl methyl sites for hydroxylation is 4. The predicted molar refractivity (Wildman–Crippen MR) is 96.4 cm³/mol. The van der Waals surface area contributed by atoms with E-state index in [2.05, 4.69) is 15.5 Å². The number of aromatic nitrogens is 3. The summed E-state index contributed by atoms with van der Waals surface area (Å²) in [6, 6.07) is 9.75. The van der Waals surface area contributed by atoms with Gasteiger partial charge in [0.05, 0.1) is 0 Å². The average Bonchev–Trinajstić information content (AvgIpc) is 3.14. The van der Waals surface area contributed by atoms with Gasteiger partial charge in [-0.15, -0.1) is 0 Å². The summed E-state index contributed by atoms with van der Waals surface area (Å²) in [4.78, 5) is 16.9. The minimum absolute atomic E-state index is 0.0981. The summed E-state index contributed by atoms with van der Waals surface area (Å²) in [6.07, 6.45) is 0.705. The predicted octanol–water partition coefficient (Wildman–Crippen LogP) is 3.66. The van der Waals surface area contributed by atoms with E-state index in [9.17, 15) is 4.79 Å². The molecule has 3 aromatic rings. The van der Waals surface area contributed by atoms with Crippen molar-refractivity contribution < 1.29 is 9.32 Å². The minimum atomic E-state index is -0.0981. The molecule has 2 heterocycles. The molecule has 6 nitrogen and oxygen atoms in total. The average molecular weight is 338 g/mol. The molecule has 6 heteroatoms. The highest BCUT2D eigenvalue weighted by Gasteiger charge is 2.19. The third-order valence-corrected chi connectivity index (χ3v) is 4.12. The molecule has 25 heavy (non-hydrogen) atoms. The molecule has 3 rings (SSSR count). The number of rotatable bonds is 5. The Hall–Kier alpha value is -2.89. The van der Waals surface area contributed by atoms with Crippen LogP contribution in [0, 0.1) is 20.8 Å². The molecule has 0 spiro atoms. The van der Waals surface area contributed by atoms with E-state index in [1.807, 2.05) is 62.6 Å². The summed E-state index contributed by atoms with van der Waals surface area (Å²) >= 11 is 0. The number of anilines is 1. The number of nitrogens with zero attached hydrogens (tertiary/aromatic N) is 3. The Balaban J connectivity index is 1.84. The molecule has 0 fully saturated rings. The van der Waals surface area contributed by atoms with Gasteiger partial charge in [0.2, 0.25) is 5.91 Å². The minimum Gasteiger partial charge on any atom is -0.332 e. The molecule has 0 aliphatic rings. The van der Waals surface area contributed by atoms with Crippen molar-refractivity contribution in [3.8, 4) is 11.6 Å². The lowest BCUT2D eigenvalue weighted by Crippen LogP contribution is -2.20. The second-order valence-corrected chi connectivity index (χ2v) is 6.19. The van der Waals surface area contributed by atoms with Crippen LogP contribution in [0.5, 0.6) is 0 Å². The van der Waals surface area contributed by atoms with E-state index in [1.165, 1.54) is 0 Å². The molecule has 1 amide bonds. The lowest BCUT2D eigenvalue weighted by atomic mass is 10.2. The smallest absolute Gasteiger partial charge is 0.274 e. The van der Waals surface area contributed by atoms with Gasteiger partial charge in [0.25, 0.3) is 5.89 Å². The molecule has 0 radical (unpaired) electrons. The van der Waals surface area contributed by atoms with Crippen molar-refractivity contribution in [2.45, 2.75) is 40.7 Å². The van der Waals surface area contributed by atoms with Crippen LogP contribution in [-0.4, -0.2) is 20.6 Å². The van der Waals surface area contributed by atoms with E-state index < -0.39 is 0 Å². The summed E-state index contributed by atoms with van der Waals surface area (Å²) in [5.74, 6) is 1.01. The van der Waals surface area contributed by atoms with Crippen LogP contribution in [0.1, 0.15) is 29.6 Å². The molecule has 0 bridgehead atoms. The molecular weight excluding hydrogens is 316 g/mol. The second kappa shape index (κ2) is 6.93. The van der Waals surface area contributed by atoms with Gasteiger partial charge >= 0.3 is 0 Å². The van der Waals surface area contributed by atoms with E-state index in [4.69, 9.17) is 4.52 Å². The molecule has 2 aromatic heterocycles. The fourth-order valence-electron chi connectivity index (χ4n) is 2.81. The van der Waals surface area contributed by atoms with Crippen molar-refractivity contribution in [2.75, 3.05) is 5.32 Å². The molecule has 0 atom stereocenters. The first-order chi connectivity index (χ1) is 12.0. The lowest BCUT2D eigenvalue weighted by molar-refractivity contribution is -0.116. The molecule has 1 N–H and O–H groups in total.